The van der Waals surface area contributed by atoms with Crippen molar-refractivity contribution in [1.82, 2.24) is 10.6 Å². The predicted molar refractivity (Wildman–Crippen MR) is 90.0 cm³/mol. The zero-order valence-corrected chi connectivity index (χ0v) is 14.1. The van der Waals surface area contributed by atoms with Gasteiger partial charge in [0.1, 0.15) is 0 Å². The molecule has 2 amide bonds. The number of anilines is 1. The Morgan fingerprint density at radius 3 is 2.50 bits per heavy atom. The largest absolute Gasteiger partial charge is 0.347 e. The molecule has 3 N–H and O–H groups in total. The van der Waals surface area contributed by atoms with Crippen molar-refractivity contribution in [3.8, 4) is 0 Å². The van der Waals surface area contributed by atoms with E-state index in [9.17, 15) is 9.59 Å². The van der Waals surface area contributed by atoms with E-state index in [4.69, 9.17) is 0 Å². The molecule has 1 aromatic carbocycles. The molecule has 0 aliphatic heterocycles. The van der Waals surface area contributed by atoms with Gasteiger partial charge in [0, 0.05) is 22.8 Å². The minimum absolute atomic E-state index is 0.117. The van der Waals surface area contributed by atoms with Gasteiger partial charge in [0.25, 0.3) is 5.91 Å². The molecule has 5 heteroatoms. The van der Waals surface area contributed by atoms with Gasteiger partial charge in [-0.05, 0) is 52.3 Å². The Kier molecular flexibility index (Phi) is 6.56. The third-order valence-electron chi connectivity index (χ3n) is 3.12. The number of carbonyl (C=O) groups excluding carboxylic acids is 2. The highest BCUT2D eigenvalue weighted by molar-refractivity contribution is 5.97. The van der Waals surface area contributed by atoms with Crippen LogP contribution in [0.15, 0.2) is 24.3 Å². The van der Waals surface area contributed by atoms with E-state index < -0.39 is 0 Å². The average molecular weight is 305 g/mol. The van der Waals surface area contributed by atoms with Crippen LogP contribution in [0.25, 0.3) is 0 Å². The topological polar surface area (TPSA) is 70.2 Å². The highest BCUT2D eigenvalue weighted by atomic mass is 16.2. The van der Waals surface area contributed by atoms with E-state index in [1.54, 1.807) is 24.3 Å². The summed E-state index contributed by atoms with van der Waals surface area (Å²) >= 11 is 0. The van der Waals surface area contributed by atoms with Gasteiger partial charge in [-0.15, -0.1) is 0 Å². The summed E-state index contributed by atoms with van der Waals surface area (Å²) in [5.74, 6) is -0.269. The lowest BCUT2D eigenvalue weighted by Crippen LogP contribution is -2.40. The van der Waals surface area contributed by atoms with Gasteiger partial charge in [-0.1, -0.05) is 13.0 Å². The van der Waals surface area contributed by atoms with Gasteiger partial charge in [0.05, 0.1) is 6.54 Å². The Morgan fingerprint density at radius 2 is 1.91 bits per heavy atom. The minimum Gasteiger partial charge on any atom is -0.347 e. The molecule has 0 aliphatic carbocycles. The molecular formula is C17H27N3O2. The smallest absolute Gasteiger partial charge is 0.251 e. The summed E-state index contributed by atoms with van der Waals surface area (Å²) in [6, 6.07) is 7.25. The van der Waals surface area contributed by atoms with Crippen LogP contribution in [-0.2, 0) is 4.79 Å². The molecule has 0 bridgehead atoms. The first-order valence-electron chi connectivity index (χ1n) is 7.67. The second-order valence-corrected chi connectivity index (χ2v) is 6.52. The first-order valence-corrected chi connectivity index (χ1v) is 7.67. The third kappa shape index (κ3) is 6.72. The van der Waals surface area contributed by atoms with Crippen molar-refractivity contribution in [2.75, 3.05) is 11.9 Å². The van der Waals surface area contributed by atoms with Crippen molar-refractivity contribution in [3.63, 3.8) is 0 Å². The Balaban J connectivity index is 2.64. The maximum absolute atomic E-state index is 12.1. The molecule has 0 fully saturated rings. The van der Waals surface area contributed by atoms with E-state index in [0.29, 0.717) is 17.3 Å². The molecule has 1 rings (SSSR count). The summed E-state index contributed by atoms with van der Waals surface area (Å²) < 4.78 is 0. The Hall–Kier alpha value is -1.88. The van der Waals surface area contributed by atoms with Crippen molar-refractivity contribution in [2.24, 2.45) is 0 Å². The lowest BCUT2D eigenvalue weighted by atomic mass is 10.1. The Morgan fingerprint density at radius 1 is 1.23 bits per heavy atom. The average Bonchev–Trinajstić information content (AvgIpc) is 2.43. The van der Waals surface area contributed by atoms with E-state index in [2.05, 4.69) is 22.9 Å². The molecule has 1 atom stereocenters. The number of hydrogen-bond acceptors (Lipinski definition) is 3. The van der Waals surface area contributed by atoms with E-state index in [-0.39, 0.29) is 23.9 Å². The van der Waals surface area contributed by atoms with E-state index in [0.717, 1.165) is 6.42 Å². The zero-order chi connectivity index (χ0) is 16.8. The van der Waals surface area contributed by atoms with Gasteiger partial charge in [-0.2, -0.15) is 0 Å². The van der Waals surface area contributed by atoms with E-state index >= 15 is 0 Å². The highest BCUT2D eigenvalue weighted by Crippen LogP contribution is 2.12. The molecule has 22 heavy (non-hydrogen) atoms. The van der Waals surface area contributed by atoms with Gasteiger partial charge < -0.3 is 16.0 Å². The normalized spacial score (nSPS) is 12.6. The molecule has 0 heterocycles. The summed E-state index contributed by atoms with van der Waals surface area (Å²) in [5.41, 5.74) is 0.858. The molecule has 0 saturated heterocycles. The number of hydrogen-bond donors (Lipinski definition) is 3. The summed E-state index contributed by atoms with van der Waals surface area (Å²) in [7, 11) is 0. The lowest BCUT2D eigenvalue weighted by Gasteiger charge is -2.20. The van der Waals surface area contributed by atoms with Crippen LogP contribution in [0, 0.1) is 0 Å². The maximum atomic E-state index is 12.1. The quantitative estimate of drug-likeness (QED) is 0.756. The van der Waals surface area contributed by atoms with Crippen LogP contribution in [0.5, 0.6) is 0 Å². The highest BCUT2D eigenvalue weighted by Gasteiger charge is 2.15. The number of nitrogens with one attached hydrogen (secondary N) is 3. The Bertz CT molecular complexity index is 521. The molecule has 5 nitrogen and oxygen atoms in total. The minimum atomic E-state index is -0.295. The molecule has 1 aromatic rings. The summed E-state index contributed by atoms with van der Waals surface area (Å²) in [4.78, 5) is 24.0. The fourth-order valence-electron chi connectivity index (χ4n) is 1.77. The molecule has 1 unspecified atom stereocenters. The van der Waals surface area contributed by atoms with Crippen molar-refractivity contribution in [3.05, 3.63) is 29.8 Å². The lowest BCUT2D eigenvalue weighted by molar-refractivity contribution is -0.115. The number of amides is 2. The third-order valence-corrected chi connectivity index (χ3v) is 3.12. The van der Waals surface area contributed by atoms with Gasteiger partial charge >= 0.3 is 0 Å². The summed E-state index contributed by atoms with van der Waals surface area (Å²) in [6.07, 6.45) is 0.968. The van der Waals surface area contributed by atoms with Crippen LogP contribution in [0.4, 0.5) is 5.69 Å². The van der Waals surface area contributed by atoms with Crippen LogP contribution < -0.4 is 16.0 Å². The van der Waals surface area contributed by atoms with Crippen LogP contribution in [0.1, 0.15) is 51.4 Å². The van der Waals surface area contributed by atoms with Crippen LogP contribution in [0.2, 0.25) is 0 Å². The second-order valence-electron chi connectivity index (χ2n) is 6.52. The second kappa shape index (κ2) is 7.94. The molecule has 0 aromatic heterocycles. The van der Waals surface area contributed by atoms with Gasteiger partial charge in [0.15, 0.2) is 0 Å². The Labute approximate surface area is 132 Å². The zero-order valence-electron chi connectivity index (χ0n) is 14.1. The van der Waals surface area contributed by atoms with Crippen molar-refractivity contribution < 1.29 is 9.59 Å². The summed E-state index contributed by atoms with van der Waals surface area (Å²) in [5, 5.41) is 8.83. The van der Waals surface area contributed by atoms with Gasteiger partial charge in [0.2, 0.25) is 5.91 Å². The number of carbonyl (C=O) groups is 2. The monoisotopic (exact) mass is 305 g/mol. The predicted octanol–water partition coefficient (Wildman–Crippen LogP) is 2.54. The van der Waals surface area contributed by atoms with Crippen LogP contribution >= 0.6 is 0 Å². The van der Waals surface area contributed by atoms with Crippen molar-refractivity contribution >= 4 is 17.5 Å². The maximum Gasteiger partial charge on any atom is 0.251 e. The molecule has 0 spiro atoms. The first kappa shape index (κ1) is 18.2. The van der Waals surface area contributed by atoms with Crippen LogP contribution in [0.3, 0.4) is 0 Å². The SMILES string of the molecule is CCC(C)NCC(=O)Nc1cccc(C(=O)NC(C)(C)C)c1. The molecular weight excluding hydrogens is 278 g/mol. The fraction of sp³-hybridized carbons (Fsp3) is 0.529. The molecule has 0 saturated carbocycles. The number of benzene rings is 1. The van der Waals surface area contributed by atoms with Crippen molar-refractivity contribution in [1.29, 1.82) is 0 Å². The number of rotatable bonds is 6. The van der Waals surface area contributed by atoms with Crippen molar-refractivity contribution in [2.45, 2.75) is 52.6 Å². The molecule has 0 radical (unpaired) electrons. The fourth-order valence-corrected chi connectivity index (χ4v) is 1.77. The molecule has 0 aliphatic rings. The molecule has 122 valence electrons. The van der Waals surface area contributed by atoms with E-state index in [1.807, 2.05) is 27.7 Å². The van der Waals surface area contributed by atoms with Gasteiger partial charge in [-0.25, -0.2) is 0 Å². The summed E-state index contributed by atoms with van der Waals surface area (Å²) in [6.45, 7) is 10.1. The first-order chi connectivity index (χ1) is 10.2. The van der Waals surface area contributed by atoms with E-state index in [1.165, 1.54) is 0 Å². The van der Waals surface area contributed by atoms with Crippen LogP contribution in [-0.4, -0.2) is 29.9 Å². The van der Waals surface area contributed by atoms with Gasteiger partial charge in [-0.3, -0.25) is 9.59 Å². The standard InChI is InChI=1S/C17H27N3O2/c1-6-12(2)18-11-15(21)19-14-9-7-8-13(10-14)16(22)20-17(3,4)5/h7-10,12,18H,6,11H2,1-5H3,(H,19,21)(H,20,22).